The Balaban J connectivity index is 0.000000308. The van der Waals surface area contributed by atoms with E-state index in [-0.39, 0.29) is 27.8 Å². The van der Waals surface area contributed by atoms with Crippen LogP contribution in [0.15, 0.2) is 52.9 Å². The van der Waals surface area contributed by atoms with Crippen molar-refractivity contribution in [1.82, 2.24) is 20.0 Å². The molecule has 1 fully saturated rings. The summed E-state index contributed by atoms with van der Waals surface area (Å²) in [6, 6.07) is 10.1. The van der Waals surface area contributed by atoms with Crippen molar-refractivity contribution in [3.8, 4) is 5.69 Å². The predicted molar refractivity (Wildman–Crippen MR) is 141 cm³/mol. The molecule has 4 aromatic rings. The Bertz CT molecular complexity index is 1310. The van der Waals surface area contributed by atoms with Gasteiger partial charge in [-0.1, -0.05) is 17.7 Å². The Labute approximate surface area is 215 Å². The number of para-hydroxylation sites is 1. The van der Waals surface area contributed by atoms with Crippen LogP contribution in [-0.4, -0.2) is 54.2 Å². The van der Waals surface area contributed by atoms with Gasteiger partial charge in [0.05, 0.1) is 55.7 Å². The van der Waals surface area contributed by atoms with Crippen molar-refractivity contribution in [2.24, 2.45) is 0 Å². The Kier molecular flexibility index (Phi) is 8.40. The molecule has 1 unspecified atom stereocenters. The van der Waals surface area contributed by atoms with Crippen molar-refractivity contribution in [3.63, 3.8) is 0 Å². The van der Waals surface area contributed by atoms with Crippen LogP contribution in [0.3, 0.4) is 0 Å². The van der Waals surface area contributed by atoms with Crippen LogP contribution in [0.2, 0.25) is 5.02 Å². The molecule has 1 saturated heterocycles. The summed E-state index contributed by atoms with van der Waals surface area (Å²) in [6.07, 6.45) is 3.70. The average Bonchev–Trinajstić information content (AvgIpc) is 3.60. The van der Waals surface area contributed by atoms with E-state index in [4.69, 9.17) is 11.6 Å². The van der Waals surface area contributed by atoms with Crippen LogP contribution in [0, 0.1) is 5.82 Å². The normalized spacial score (nSPS) is 15.7. The number of carbonyl (C=O) groups is 1. The monoisotopic (exact) mass is 535 g/mol. The third kappa shape index (κ3) is 5.84. The van der Waals surface area contributed by atoms with E-state index in [2.05, 4.69) is 27.7 Å². The van der Waals surface area contributed by atoms with E-state index in [1.807, 2.05) is 7.05 Å². The maximum Gasteiger partial charge on any atom is 0.160 e. The molecular weight excluding hydrogens is 512 g/mol. The zero-order valence-corrected chi connectivity index (χ0v) is 21.5. The lowest BCUT2D eigenvalue weighted by atomic mass is 10.2. The maximum atomic E-state index is 14.1. The highest BCUT2D eigenvalue weighted by Gasteiger charge is 2.17. The number of aromatic nitrogens is 2. The molecule has 0 bridgehead atoms. The SMILES string of the molecule is CNC1CCN(C)C1.O=Cc1cc(-n2ncc3cc(Nc4c(F)cccc4Cl)c(SF)cc32)cs1. The minimum atomic E-state index is -0.534. The number of nitrogens with zero attached hydrogens (tertiary/aromatic N) is 3. The number of nitrogens with one attached hydrogen (secondary N) is 2. The van der Waals surface area contributed by atoms with Crippen molar-refractivity contribution < 1.29 is 13.1 Å². The van der Waals surface area contributed by atoms with Gasteiger partial charge >= 0.3 is 0 Å². The Hall–Kier alpha value is -2.50. The molecule has 0 aliphatic carbocycles. The van der Waals surface area contributed by atoms with Gasteiger partial charge in [-0.25, -0.2) is 9.07 Å². The Morgan fingerprint density at radius 1 is 1.31 bits per heavy atom. The quantitative estimate of drug-likeness (QED) is 0.282. The van der Waals surface area contributed by atoms with Gasteiger partial charge in [0, 0.05) is 23.4 Å². The molecule has 184 valence electrons. The molecule has 3 heterocycles. The third-order valence-electron chi connectivity index (χ3n) is 5.74. The second-order valence-corrected chi connectivity index (χ2v) is 10.1. The number of likely N-dealkylation sites (N-methyl/N-ethyl adjacent to an activating group) is 2. The first-order valence-electron chi connectivity index (χ1n) is 10.8. The van der Waals surface area contributed by atoms with E-state index in [0.717, 1.165) is 17.7 Å². The smallest absolute Gasteiger partial charge is 0.160 e. The van der Waals surface area contributed by atoms with Crippen LogP contribution in [0.1, 0.15) is 16.1 Å². The molecule has 1 aliphatic heterocycles. The van der Waals surface area contributed by atoms with Crippen molar-refractivity contribution in [3.05, 3.63) is 63.7 Å². The summed E-state index contributed by atoms with van der Waals surface area (Å²) in [7, 11) is 4.20. The standard InChI is InChI=1S/C18H10ClF2N3OS2.C6H14N2/c19-13-2-1-3-14(20)18(13)23-15-4-10-7-22-24(16(10)6-17(15)27-21)11-5-12(8-25)26-9-11;1-7-6-3-4-8(2)5-6/h1-9,23H;6-7H,3-5H2,1-2H3. The molecule has 35 heavy (non-hydrogen) atoms. The second kappa shape index (κ2) is 11.5. The number of hydrogen-bond acceptors (Lipinski definition) is 7. The van der Waals surface area contributed by atoms with E-state index < -0.39 is 5.82 Å². The van der Waals surface area contributed by atoms with Crippen LogP contribution >= 0.6 is 35.1 Å². The van der Waals surface area contributed by atoms with Gasteiger partial charge in [0.1, 0.15) is 5.82 Å². The minimum absolute atomic E-state index is 0.0355. The van der Waals surface area contributed by atoms with E-state index in [1.54, 1.807) is 40.5 Å². The van der Waals surface area contributed by atoms with Gasteiger partial charge in [0.2, 0.25) is 0 Å². The number of aldehydes is 1. The summed E-state index contributed by atoms with van der Waals surface area (Å²) < 4.78 is 29.3. The first kappa shape index (κ1) is 25.6. The zero-order valence-electron chi connectivity index (χ0n) is 19.1. The van der Waals surface area contributed by atoms with Gasteiger partial charge < -0.3 is 15.5 Å². The van der Waals surface area contributed by atoms with Gasteiger partial charge in [-0.3, -0.25) is 4.79 Å². The first-order chi connectivity index (χ1) is 16.9. The molecule has 5 rings (SSSR count). The molecule has 0 spiro atoms. The largest absolute Gasteiger partial charge is 0.351 e. The highest BCUT2D eigenvalue weighted by molar-refractivity contribution is 7.94. The molecule has 0 amide bonds. The molecule has 1 atom stereocenters. The number of fused-ring (bicyclic) bond motifs is 1. The van der Waals surface area contributed by atoms with E-state index >= 15 is 0 Å². The number of carbonyl (C=O) groups excluding carboxylic acids is 1. The van der Waals surface area contributed by atoms with Crippen LogP contribution in [-0.2, 0) is 0 Å². The number of anilines is 2. The third-order valence-corrected chi connectivity index (χ3v) is 7.41. The summed E-state index contributed by atoms with van der Waals surface area (Å²) in [5, 5.41) is 13.2. The number of likely N-dealkylation sites (tertiary alicyclic amines) is 1. The maximum absolute atomic E-state index is 14.1. The number of benzene rings is 2. The van der Waals surface area contributed by atoms with Crippen molar-refractivity contribution in [1.29, 1.82) is 0 Å². The van der Waals surface area contributed by atoms with Crippen LogP contribution in [0.25, 0.3) is 16.6 Å². The van der Waals surface area contributed by atoms with Crippen molar-refractivity contribution in [2.45, 2.75) is 17.4 Å². The lowest BCUT2D eigenvalue weighted by Gasteiger charge is -2.12. The minimum Gasteiger partial charge on any atom is -0.351 e. The van der Waals surface area contributed by atoms with E-state index in [9.17, 15) is 13.1 Å². The summed E-state index contributed by atoms with van der Waals surface area (Å²) >= 11 is 7.38. The van der Waals surface area contributed by atoms with Gasteiger partial charge in [0.15, 0.2) is 6.29 Å². The van der Waals surface area contributed by atoms with Gasteiger partial charge in [-0.2, -0.15) is 8.98 Å². The number of rotatable bonds is 6. The highest BCUT2D eigenvalue weighted by Crippen LogP contribution is 2.37. The molecular formula is C24H24ClF2N5OS2. The first-order valence-corrected chi connectivity index (χ1v) is 12.8. The van der Waals surface area contributed by atoms with Gasteiger partial charge in [-0.05, 0) is 57.4 Å². The van der Waals surface area contributed by atoms with Crippen LogP contribution in [0.4, 0.5) is 19.7 Å². The molecule has 2 aromatic heterocycles. The molecule has 11 heteroatoms. The summed E-state index contributed by atoms with van der Waals surface area (Å²) in [5.74, 6) is -0.534. The Morgan fingerprint density at radius 2 is 2.14 bits per heavy atom. The van der Waals surface area contributed by atoms with E-state index in [0.29, 0.717) is 21.8 Å². The van der Waals surface area contributed by atoms with Crippen LogP contribution < -0.4 is 10.6 Å². The lowest BCUT2D eigenvalue weighted by Crippen LogP contribution is -2.27. The number of hydrogen-bond donors (Lipinski definition) is 2. The molecule has 0 saturated carbocycles. The fraction of sp³-hybridized carbons (Fsp3) is 0.250. The van der Waals surface area contributed by atoms with Crippen molar-refractivity contribution >= 4 is 63.6 Å². The van der Waals surface area contributed by atoms with Crippen molar-refractivity contribution in [2.75, 3.05) is 32.5 Å². The fourth-order valence-corrected chi connectivity index (χ4v) is 5.09. The molecule has 2 aromatic carbocycles. The van der Waals surface area contributed by atoms with Gasteiger partial charge in [0.25, 0.3) is 0 Å². The van der Waals surface area contributed by atoms with Crippen LogP contribution in [0.5, 0.6) is 0 Å². The fourth-order valence-electron chi connectivity index (χ4n) is 3.86. The molecule has 6 nitrogen and oxygen atoms in total. The lowest BCUT2D eigenvalue weighted by molar-refractivity contribution is 0.112. The van der Waals surface area contributed by atoms with Gasteiger partial charge in [-0.15, -0.1) is 11.3 Å². The summed E-state index contributed by atoms with van der Waals surface area (Å²) in [4.78, 5) is 14.1. The molecule has 0 radical (unpaired) electrons. The molecule has 1 aliphatic rings. The average molecular weight is 536 g/mol. The summed E-state index contributed by atoms with van der Waals surface area (Å²) in [6.45, 7) is 2.47. The number of halogens is 3. The highest BCUT2D eigenvalue weighted by atomic mass is 35.5. The zero-order chi connectivity index (χ0) is 24.9. The summed E-state index contributed by atoms with van der Waals surface area (Å²) in [5.41, 5.74) is 1.83. The predicted octanol–water partition coefficient (Wildman–Crippen LogP) is 6.32. The van der Waals surface area contributed by atoms with E-state index in [1.165, 1.54) is 43.0 Å². The number of thiophene rings is 1. The Morgan fingerprint density at radius 3 is 2.74 bits per heavy atom. The molecule has 2 N–H and O–H groups in total. The topological polar surface area (TPSA) is 62.2 Å². The second-order valence-electron chi connectivity index (χ2n) is 8.12.